The molecule has 0 radical (unpaired) electrons. The Morgan fingerprint density at radius 3 is 1.29 bits per heavy atom. The Kier molecular flexibility index (Phi) is 4.31. The fraction of sp³-hybridized carbons (Fsp3) is 1.00. The van der Waals surface area contributed by atoms with Gasteiger partial charge in [-0.05, 0) is 0 Å². The average Bonchev–Trinajstić information content (AvgIpc) is 2.94. The molecule has 0 amide bonds. The number of aliphatic hydroxyl groups excluding tert-OH is 4. The largest absolute Gasteiger partial charge is 0.388 e. The van der Waals surface area contributed by atoms with Gasteiger partial charge in [0.15, 0.2) is 0 Å². The molecule has 7 nitrogen and oxygen atoms in total. The van der Waals surface area contributed by atoms with E-state index in [9.17, 15) is 0 Å². The van der Waals surface area contributed by atoms with Crippen LogP contribution in [0, 0.1) is 0 Å². The molecule has 4 N–H and O–H groups in total. The van der Waals surface area contributed by atoms with Gasteiger partial charge in [-0.1, -0.05) is 0 Å². The first kappa shape index (κ1) is 13.2. The second-order valence-electron chi connectivity index (χ2n) is 4.40. The Labute approximate surface area is 98.5 Å². The molecule has 0 spiro atoms. The van der Waals surface area contributed by atoms with Gasteiger partial charge in [-0.2, -0.15) is 0 Å². The lowest BCUT2D eigenvalue weighted by Gasteiger charge is -2.09. The van der Waals surface area contributed by atoms with Gasteiger partial charge in [0.2, 0.25) is 0 Å². The Bertz CT molecular complexity index is 225. The first-order valence-electron chi connectivity index (χ1n) is 5.63. The van der Waals surface area contributed by atoms with E-state index in [0.717, 1.165) is 0 Å². The normalized spacial score (nSPS) is 48.7. The number of fused-ring (bicyclic) bond motifs is 1. The number of hydrogen-bond donors (Lipinski definition) is 4. The lowest BCUT2D eigenvalue weighted by atomic mass is 10.1. The third kappa shape index (κ3) is 2.94. The minimum atomic E-state index is -0.653. The fourth-order valence-electron chi connectivity index (χ4n) is 1.99. The van der Waals surface area contributed by atoms with Crippen molar-refractivity contribution in [1.82, 2.24) is 0 Å². The molecule has 17 heavy (non-hydrogen) atoms. The zero-order valence-corrected chi connectivity index (χ0v) is 9.31. The van der Waals surface area contributed by atoms with Crippen LogP contribution in [-0.2, 0) is 14.2 Å². The number of aliphatic hydroxyl groups is 4. The summed E-state index contributed by atoms with van der Waals surface area (Å²) in [6.45, 7) is 1.13. The molecule has 0 aromatic rings. The van der Waals surface area contributed by atoms with Crippen LogP contribution in [0.25, 0.3) is 0 Å². The highest BCUT2D eigenvalue weighted by Crippen LogP contribution is 2.26. The van der Waals surface area contributed by atoms with Crippen molar-refractivity contribution >= 4 is 0 Å². The standard InChI is InChI=1S/C6H10O4.C4H8O3/c7-3-1-9-6-4(8)2-10-5(3)6;5-3-1-7-2-4(3)6/h3-8H,1-2H2;3-6H,1-2H2/t3-,4+,5-,6-;3-,4+/m1./s1. The van der Waals surface area contributed by atoms with E-state index in [4.69, 9.17) is 29.9 Å². The lowest BCUT2D eigenvalue weighted by Crippen LogP contribution is -2.30. The molecule has 0 aromatic carbocycles. The molecule has 7 heteroatoms. The van der Waals surface area contributed by atoms with Crippen molar-refractivity contribution in [3.8, 4) is 0 Å². The van der Waals surface area contributed by atoms with Crippen LogP contribution in [0.2, 0.25) is 0 Å². The smallest absolute Gasteiger partial charge is 0.114 e. The van der Waals surface area contributed by atoms with Gasteiger partial charge in [0.25, 0.3) is 0 Å². The van der Waals surface area contributed by atoms with Crippen molar-refractivity contribution in [2.45, 2.75) is 36.6 Å². The Morgan fingerprint density at radius 1 is 0.588 bits per heavy atom. The van der Waals surface area contributed by atoms with E-state index in [1.165, 1.54) is 0 Å². The van der Waals surface area contributed by atoms with Gasteiger partial charge in [-0.15, -0.1) is 0 Å². The summed E-state index contributed by atoms with van der Waals surface area (Å²) in [7, 11) is 0. The van der Waals surface area contributed by atoms with Gasteiger partial charge in [0.05, 0.1) is 26.4 Å². The van der Waals surface area contributed by atoms with Crippen molar-refractivity contribution in [3.63, 3.8) is 0 Å². The molecule has 3 saturated heterocycles. The molecule has 0 aliphatic carbocycles. The molecule has 3 rings (SSSR count). The van der Waals surface area contributed by atoms with Gasteiger partial charge >= 0.3 is 0 Å². The summed E-state index contributed by atoms with van der Waals surface area (Å²) >= 11 is 0. The summed E-state index contributed by atoms with van der Waals surface area (Å²) in [6.07, 6.45) is -3.01. The molecule has 3 aliphatic rings. The molecular weight excluding hydrogens is 232 g/mol. The summed E-state index contributed by atoms with van der Waals surface area (Å²) in [5.74, 6) is 0. The predicted octanol–water partition coefficient (Wildman–Crippen LogP) is -2.76. The molecule has 0 bridgehead atoms. The van der Waals surface area contributed by atoms with Gasteiger partial charge < -0.3 is 34.6 Å². The lowest BCUT2D eigenvalue weighted by molar-refractivity contribution is 0.00205. The maximum Gasteiger partial charge on any atom is 0.114 e. The molecule has 3 heterocycles. The van der Waals surface area contributed by atoms with Gasteiger partial charge in [0.1, 0.15) is 36.6 Å². The molecule has 6 atom stereocenters. The minimum Gasteiger partial charge on any atom is -0.388 e. The Hall–Kier alpha value is -0.280. The Balaban J connectivity index is 0.000000136. The Morgan fingerprint density at radius 2 is 1.00 bits per heavy atom. The topological polar surface area (TPSA) is 109 Å². The highest BCUT2D eigenvalue weighted by molar-refractivity contribution is 4.93. The third-order valence-electron chi connectivity index (χ3n) is 3.02. The first-order chi connectivity index (χ1) is 8.09. The van der Waals surface area contributed by atoms with Crippen LogP contribution in [0.15, 0.2) is 0 Å². The molecule has 100 valence electrons. The highest BCUT2D eigenvalue weighted by atomic mass is 16.6. The highest BCUT2D eigenvalue weighted by Gasteiger charge is 2.46. The van der Waals surface area contributed by atoms with Crippen molar-refractivity contribution in [2.24, 2.45) is 0 Å². The summed E-state index contributed by atoms with van der Waals surface area (Å²) in [4.78, 5) is 0. The molecule has 0 saturated carbocycles. The van der Waals surface area contributed by atoms with Crippen LogP contribution in [-0.4, -0.2) is 83.5 Å². The van der Waals surface area contributed by atoms with E-state index in [1.807, 2.05) is 0 Å². The number of hydrogen-bond acceptors (Lipinski definition) is 7. The monoisotopic (exact) mass is 250 g/mol. The second kappa shape index (κ2) is 5.57. The maximum atomic E-state index is 9.16. The maximum absolute atomic E-state index is 9.16. The SMILES string of the molecule is O[C@@H]1COC[C@@H]1O.O[C@@H]1CO[C@H]2[C@@H]1OC[C@@H]2O. The molecular formula is C10H18O7. The van der Waals surface area contributed by atoms with Gasteiger partial charge in [-0.3, -0.25) is 0 Å². The molecule has 0 aromatic heterocycles. The van der Waals surface area contributed by atoms with E-state index < -0.39 is 24.4 Å². The van der Waals surface area contributed by atoms with E-state index in [-0.39, 0.29) is 38.6 Å². The first-order valence-corrected chi connectivity index (χ1v) is 5.63. The predicted molar refractivity (Wildman–Crippen MR) is 54.3 cm³/mol. The van der Waals surface area contributed by atoms with Crippen LogP contribution in [0.4, 0.5) is 0 Å². The van der Waals surface area contributed by atoms with Gasteiger partial charge in [0, 0.05) is 0 Å². The van der Waals surface area contributed by atoms with Crippen molar-refractivity contribution < 1.29 is 34.6 Å². The van der Waals surface area contributed by atoms with Crippen LogP contribution in [0.1, 0.15) is 0 Å². The van der Waals surface area contributed by atoms with Gasteiger partial charge in [-0.25, -0.2) is 0 Å². The second-order valence-corrected chi connectivity index (χ2v) is 4.40. The van der Waals surface area contributed by atoms with Crippen LogP contribution in [0.5, 0.6) is 0 Å². The van der Waals surface area contributed by atoms with Crippen LogP contribution in [0.3, 0.4) is 0 Å². The minimum absolute atomic E-state index is 0.279. The summed E-state index contributed by atoms with van der Waals surface area (Å²) in [6, 6.07) is 0. The van der Waals surface area contributed by atoms with Crippen LogP contribution < -0.4 is 0 Å². The third-order valence-corrected chi connectivity index (χ3v) is 3.02. The molecule has 3 aliphatic heterocycles. The van der Waals surface area contributed by atoms with E-state index in [1.54, 1.807) is 0 Å². The molecule has 3 fully saturated rings. The van der Waals surface area contributed by atoms with Crippen molar-refractivity contribution in [1.29, 1.82) is 0 Å². The zero-order valence-electron chi connectivity index (χ0n) is 9.31. The summed E-state index contributed by atoms with van der Waals surface area (Å²) in [5, 5.41) is 35.6. The van der Waals surface area contributed by atoms with Crippen molar-refractivity contribution in [3.05, 3.63) is 0 Å². The quantitative estimate of drug-likeness (QED) is 0.369. The fourth-order valence-corrected chi connectivity index (χ4v) is 1.99. The number of ether oxygens (including phenoxy) is 3. The van der Waals surface area contributed by atoms with E-state index in [2.05, 4.69) is 4.74 Å². The van der Waals surface area contributed by atoms with Crippen LogP contribution >= 0.6 is 0 Å². The zero-order chi connectivity index (χ0) is 12.4. The summed E-state index contributed by atoms with van der Waals surface area (Å²) < 4.78 is 14.8. The van der Waals surface area contributed by atoms with E-state index in [0.29, 0.717) is 0 Å². The average molecular weight is 250 g/mol. The summed E-state index contributed by atoms with van der Waals surface area (Å²) in [5.41, 5.74) is 0. The van der Waals surface area contributed by atoms with Crippen molar-refractivity contribution in [2.75, 3.05) is 26.4 Å². The van der Waals surface area contributed by atoms with E-state index >= 15 is 0 Å². The number of rotatable bonds is 0. The molecule has 0 unspecified atom stereocenters.